The normalized spacial score (nSPS) is 21.8. The number of aliphatic hydroxyl groups is 1. The average molecular weight is 376 g/mol. The molecule has 2 atom stereocenters. The third kappa shape index (κ3) is 6.28. The molecule has 1 saturated carbocycles. The van der Waals surface area contributed by atoms with Crippen LogP contribution in [0, 0.1) is 12.8 Å². The first kappa shape index (κ1) is 20.3. The van der Waals surface area contributed by atoms with Gasteiger partial charge in [-0.25, -0.2) is 0 Å². The van der Waals surface area contributed by atoms with Crippen molar-refractivity contribution in [1.82, 2.24) is 9.80 Å². The van der Waals surface area contributed by atoms with E-state index in [1.54, 1.807) is 7.11 Å². The Bertz CT molecular complexity index is 603. The first-order valence-corrected chi connectivity index (χ1v) is 9.92. The van der Waals surface area contributed by atoms with Crippen molar-refractivity contribution in [1.29, 1.82) is 0 Å². The van der Waals surface area contributed by atoms with Crippen molar-refractivity contribution in [3.8, 4) is 0 Å². The summed E-state index contributed by atoms with van der Waals surface area (Å²) in [4.78, 5) is 17.2. The summed E-state index contributed by atoms with van der Waals surface area (Å²) < 4.78 is 11.0. The van der Waals surface area contributed by atoms with E-state index in [2.05, 4.69) is 4.90 Å². The summed E-state index contributed by atoms with van der Waals surface area (Å²) in [6.45, 7) is 6.48. The third-order valence-electron chi connectivity index (χ3n) is 5.24. The van der Waals surface area contributed by atoms with E-state index in [1.165, 1.54) is 12.8 Å². The molecule has 0 bridgehead atoms. The molecule has 1 aromatic rings. The van der Waals surface area contributed by atoms with Crippen LogP contribution in [0.5, 0.6) is 0 Å². The van der Waals surface area contributed by atoms with Crippen molar-refractivity contribution >= 4 is 5.91 Å². The van der Waals surface area contributed by atoms with Gasteiger partial charge in [0.15, 0.2) is 0 Å². The Morgan fingerprint density at radius 3 is 2.74 bits per heavy atom. The van der Waals surface area contributed by atoms with Crippen molar-refractivity contribution in [3.05, 3.63) is 35.4 Å². The van der Waals surface area contributed by atoms with Gasteiger partial charge in [0.2, 0.25) is 0 Å². The van der Waals surface area contributed by atoms with Gasteiger partial charge in [-0.2, -0.15) is 0 Å². The zero-order valence-electron chi connectivity index (χ0n) is 16.5. The van der Waals surface area contributed by atoms with Crippen LogP contribution in [0.1, 0.15) is 28.8 Å². The number of methoxy groups -OCH3 is 1. The van der Waals surface area contributed by atoms with Crippen molar-refractivity contribution < 1.29 is 19.4 Å². The first-order valence-electron chi connectivity index (χ1n) is 9.92. The number of carbonyl (C=O) groups excluding carboxylic acids is 1. The van der Waals surface area contributed by atoms with Gasteiger partial charge < -0.3 is 19.5 Å². The number of carbonyl (C=O) groups is 1. The molecular formula is C21H32N2O4. The molecule has 0 spiro atoms. The van der Waals surface area contributed by atoms with E-state index in [0.717, 1.165) is 30.8 Å². The Balaban J connectivity index is 1.59. The van der Waals surface area contributed by atoms with Crippen LogP contribution in [0.15, 0.2) is 24.3 Å². The Labute approximate surface area is 162 Å². The molecule has 2 fully saturated rings. The van der Waals surface area contributed by atoms with Gasteiger partial charge in [-0.05, 0) is 37.8 Å². The molecule has 6 nitrogen and oxygen atoms in total. The molecular weight excluding hydrogens is 344 g/mol. The minimum Gasteiger partial charge on any atom is -0.389 e. The molecule has 0 aromatic heterocycles. The SMILES string of the molecule is COCC(O)CN1CCOC(CN(CC2CC2)C(=O)c2ccc(C)cc2)C1. The van der Waals surface area contributed by atoms with E-state index < -0.39 is 6.10 Å². The van der Waals surface area contributed by atoms with E-state index in [-0.39, 0.29) is 12.0 Å². The predicted molar refractivity (Wildman–Crippen MR) is 104 cm³/mol. The number of hydrogen-bond donors (Lipinski definition) is 1. The van der Waals surface area contributed by atoms with E-state index >= 15 is 0 Å². The van der Waals surface area contributed by atoms with Gasteiger partial charge in [0.25, 0.3) is 5.91 Å². The lowest BCUT2D eigenvalue weighted by Crippen LogP contribution is -2.51. The Hall–Kier alpha value is -1.47. The van der Waals surface area contributed by atoms with Crippen molar-refractivity contribution in [3.63, 3.8) is 0 Å². The highest BCUT2D eigenvalue weighted by Crippen LogP contribution is 2.30. The number of rotatable bonds is 9. The molecule has 0 radical (unpaired) electrons. The summed E-state index contributed by atoms with van der Waals surface area (Å²) in [6, 6.07) is 7.79. The van der Waals surface area contributed by atoms with E-state index in [0.29, 0.717) is 32.2 Å². The van der Waals surface area contributed by atoms with Crippen LogP contribution >= 0.6 is 0 Å². The molecule has 3 rings (SSSR count). The second-order valence-corrected chi connectivity index (χ2v) is 7.88. The van der Waals surface area contributed by atoms with Crippen molar-refractivity contribution in [2.75, 3.05) is 53.0 Å². The van der Waals surface area contributed by atoms with Crippen LogP contribution in [0.4, 0.5) is 0 Å². The Morgan fingerprint density at radius 1 is 1.33 bits per heavy atom. The lowest BCUT2D eigenvalue weighted by molar-refractivity contribution is -0.0566. The number of nitrogens with zero attached hydrogens (tertiary/aromatic N) is 2. The quantitative estimate of drug-likeness (QED) is 0.709. The van der Waals surface area contributed by atoms with Gasteiger partial charge in [0, 0.05) is 45.4 Å². The topological polar surface area (TPSA) is 62.2 Å². The summed E-state index contributed by atoms with van der Waals surface area (Å²) in [6.07, 6.45) is 1.89. The van der Waals surface area contributed by atoms with E-state index in [4.69, 9.17) is 9.47 Å². The van der Waals surface area contributed by atoms with Gasteiger partial charge in [0.05, 0.1) is 25.4 Å². The predicted octanol–water partition coefficient (Wildman–Crippen LogP) is 1.56. The lowest BCUT2D eigenvalue weighted by Gasteiger charge is -2.36. The highest BCUT2D eigenvalue weighted by atomic mass is 16.5. The number of β-amino-alcohol motifs (C(OH)–C–C–N with tert-alkyl or cyclic N) is 1. The summed E-state index contributed by atoms with van der Waals surface area (Å²) in [5.41, 5.74) is 1.89. The summed E-state index contributed by atoms with van der Waals surface area (Å²) in [5.74, 6) is 0.713. The highest BCUT2D eigenvalue weighted by molar-refractivity contribution is 5.94. The van der Waals surface area contributed by atoms with Gasteiger partial charge in [-0.3, -0.25) is 9.69 Å². The van der Waals surface area contributed by atoms with Crippen LogP contribution in [-0.2, 0) is 9.47 Å². The summed E-state index contributed by atoms with van der Waals surface area (Å²) >= 11 is 0. The maximum atomic E-state index is 13.0. The fourth-order valence-electron chi connectivity index (χ4n) is 3.58. The zero-order valence-corrected chi connectivity index (χ0v) is 16.5. The van der Waals surface area contributed by atoms with Gasteiger partial charge in [-0.1, -0.05) is 17.7 Å². The molecule has 2 unspecified atom stereocenters. The second-order valence-electron chi connectivity index (χ2n) is 7.88. The number of amides is 1. The number of aryl methyl sites for hydroxylation is 1. The van der Waals surface area contributed by atoms with Gasteiger partial charge in [0.1, 0.15) is 0 Å². The van der Waals surface area contributed by atoms with E-state index in [9.17, 15) is 9.90 Å². The summed E-state index contributed by atoms with van der Waals surface area (Å²) in [7, 11) is 1.60. The van der Waals surface area contributed by atoms with Gasteiger partial charge >= 0.3 is 0 Å². The monoisotopic (exact) mass is 376 g/mol. The average Bonchev–Trinajstić information content (AvgIpc) is 3.46. The smallest absolute Gasteiger partial charge is 0.253 e. The largest absolute Gasteiger partial charge is 0.389 e. The molecule has 1 aliphatic heterocycles. The molecule has 1 aromatic carbocycles. The van der Waals surface area contributed by atoms with Crippen LogP contribution in [0.2, 0.25) is 0 Å². The van der Waals surface area contributed by atoms with Crippen LogP contribution < -0.4 is 0 Å². The van der Waals surface area contributed by atoms with Crippen LogP contribution in [0.25, 0.3) is 0 Å². The minimum atomic E-state index is -0.495. The molecule has 1 saturated heterocycles. The molecule has 1 heterocycles. The number of ether oxygens (including phenoxy) is 2. The second kappa shape index (κ2) is 9.64. The lowest BCUT2D eigenvalue weighted by atomic mass is 10.1. The number of hydrogen-bond acceptors (Lipinski definition) is 5. The molecule has 1 aliphatic carbocycles. The maximum absolute atomic E-state index is 13.0. The zero-order chi connectivity index (χ0) is 19.2. The van der Waals surface area contributed by atoms with Gasteiger partial charge in [-0.15, -0.1) is 0 Å². The van der Waals surface area contributed by atoms with Crippen molar-refractivity contribution in [2.45, 2.75) is 32.0 Å². The van der Waals surface area contributed by atoms with Crippen molar-refractivity contribution in [2.24, 2.45) is 5.92 Å². The Kier molecular flexibility index (Phi) is 7.24. The fourth-order valence-corrected chi connectivity index (χ4v) is 3.58. The van der Waals surface area contributed by atoms with Crippen LogP contribution in [-0.4, -0.2) is 86.1 Å². The standard InChI is InChI=1S/C21H32N2O4/c1-16-3-7-18(8-4-16)21(25)23(11-17-5-6-17)14-20-13-22(9-10-27-20)12-19(24)15-26-2/h3-4,7-8,17,19-20,24H,5-6,9-15H2,1-2H3. The molecule has 1 amide bonds. The first-order chi connectivity index (χ1) is 13.0. The van der Waals surface area contributed by atoms with Crippen LogP contribution in [0.3, 0.4) is 0 Å². The molecule has 1 N–H and O–H groups in total. The molecule has 6 heteroatoms. The summed E-state index contributed by atoms with van der Waals surface area (Å²) in [5, 5.41) is 9.98. The number of morpholine rings is 1. The molecule has 2 aliphatic rings. The van der Waals surface area contributed by atoms with E-state index in [1.807, 2.05) is 36.1 Å². The maximum Gasteiger partial charge on any atom is 0.253 e. The fraction of sp³-hybridized carbons (Fsp3) is 0.667. The minimum absolute atomic E-state index is 0.0263. The Morgan fingerprint density at radius 2 is 2.07 bits per heavy atom. The molecule has 150 valence electrons. The highest BCUT2D eigenvalue weighted by Gasteiger charge is 2.31. The number of aliphatic hydroxyl groups excluding tert-OH is 1. The third-order valence-corrected chi connectivity index (χ3v) is 5.24. The number of benzene rings is 1. The molecule has 27 heavy (non-hydrogen) atoms.